The van der Waals surface area contributed by atoms with E-state index < -0.39 is 11.8 Å². The Balaban J connectivity index is 1.90. The number of carbonyl (C=O) groups is 1. The summed E-state index contributed by atoms with van der Waals surface area (Å²) in [6.45, 7) is 0.932. The highest BCUT2D eigenvalue weighted by Gasteiger charge is 2.08. The molecule has 0 fully saturated rings. The van der Waals surface area contributed by atoms with Gasteiger partial charge in [0.2, 0.25) is 0 Å². The summed E-state index contributed by atoms with van der Waals surface area (Å²) in [7, 11) is 3.06. The Morgan fingerprint density at radius 3 is 2.43 bits per heavy atom. The molecule has 0 spiro atoms. The van der Waals surface area contributed by atoms with Gasteiger partial charge in [0, 0.05) is 19.7 Å². The molecule has 6 heteroatoms. The molecular weight excluding hydrogens is 299 g/mol. The van der Waals surface area contributed by atoms with E-state index in [1.54, 1.807) is 7.11 Å². The fraction of sp³-hybridized carbons (Fsp3) is 0.235. The second kappa shape index (κ2) is 8.14. The molecule has 0 aliphatic carbocycles. The Kier molecular flexibility index (Phi) is 5.94. The number of benzene rings is 2. The van der Waals surface area contributed by atoms with Crippen molar-refractivity contribution in [3.8, 4) is 5.75 Å². The highest BCUT2D eigenvalue weighted by atomic mass is 19.1. The molecule has 2 aromatic rings. The highest BCUT2D eigenvalue weighted by Crippen LogP contribution is 2.24. The smallest absolute Gasteiger partial charge is 0.319 e. The van der Waals surface area contributed by atoms with Crippen LogP contribution in [0, 0.1) is 5.82 Å². The molecule has 2 rings (SSSR count). The molecule has 2 aromatic carbocycles. The van der Waals surface area contributed by atoms with Crippen LogP contribution in [-0.2, 0) is 17.9 Å². The van der Waals surface area contributed by atoms with Crippen LogP contribution in [0.3, 0.4) is 0 Å². The van der Waals surface area contributed by atoms with E-state index in [0.717, 1.165) is 11.1 Å². The van der Waals surface area contributed by atoms with Gasteiger partial charge in [-0.25, -0.2) is 9.18 Å². The number of nitrogens with one attached hydrogen (secondary N) is 2. The van der Waals surface area contributed by atoms with Gasteiger partial charge in [0.15, 0.2) is 0 Å². The number of carbonyl (C=O) groups excluding carboxylic acids is 1. The molecule has 0 heterocycles. The largest absolute Gasteiger partial charge is 0.494 e. The third-order valence-corrected chi connectivity index (χ3v) is 3.20. The number of amides is 2. The van der Waals surface area contributed by atoms with E-state index in [1.807, 2.05) is 24.3 Å². The van der Waals surface area contributed by atoms with E-state index in [-0.39, 0.29) is 5.75 Å². The number of anilines is 1. The minimum Gasteiger partial charge on any atom is -0.494 e. The van der Waals surface area contributed by atoms with Gasteiger partial charge in [-0.3, -0.25) is 0 Å². The Morgan fingerprint density at radius 1 is 1.09 bits per heavy atom. The number of rotatable bonds is 6. The van der Waals surface area contributed by atoms with Gasteiger partial charge >= 0.3 is 6.03 Å². The lowest BCUT2D eigenvalue weighted by Gasteiger charge is -2.11. The molecule has 0 bridgehead atoms. The predicted octanol–water partition coefficient (Wildman–Crippen LogP) is 3.30. The minimum atomic E-state index is -0.427. The summed E-state index contributed by atoms with van der Waals surface area (Å²) in [6.07, 6.45) is 0. The molecule has 2 N–H and O–H groups in total. The molecule has 0 radical (unpaired) electrons. The molecule has 0 aliphatic rings. The maximum atomic E-state index is 13.1. The van der Waals surface area contributed by atoms with Gasteiger partial charge in [0.1, 0.15) is 11.6 Å². The fourth-order valence-corrected chi connectivity index (χ4v) is 2.04. The van der Waals surface area contributed by atoms with Gasteiger partial charge in [0.25, 0.3) is 0 Å². The minimum absolute atomic E-state index is 0.268. The van der Waals surface area contributed by atoms with Crippen molar-refractivity contribution in [1.29, 1.82) is 0 Å². The van der Waals surface area contributed by atoms with Crippen LogP contribution in [0.1, 0.15) is 11.1 Å². The standard InChI is InChI=1S/C17H19FN2O3/c1-22-11-13-5-3-12(4-6-13)10-19-17(21)20-15-8-7-14(18)9-16(15)23-2/h3-9H,10-11H2,1-2H3,(H2,19,20,21). The number of methoxy groups -OCH3 is 2. The lowest BCUT2D eigenvalue weighted by Crippen LogP contribution is -2.28. The molecule has 122 valence electrons. The first kappa shape index (κ1) is 16.8. The lowest BCUT2D eigenvalue weighted by atomic mass is 10.1. The van der Waals surface area contributed by atoms with Crippen LogP contribution in [0.5, 0.6) is 5.75 Å². The third kappa shape index (κ3) is 4.96. The summed E-state index contributed by atoms with van der Waals surface area (Å²) >= 11 is 0. The van der Waals surface area contributed by atoms with Gasteiger partial charge in [-0.05, 0) is 23.3 Å². The van der Waals surface area contributed by atoms with Crippen molar-refractivity contribution in [1.82, 2.24) is 5.32 Å². The van der Waals surface area contributed by atoms with Crippen LogP contribution < -0.4 is 15.4 Å². The van der Waals surface area contributed by atoms with Crippen LogP contribution in [0.4, 0.5) is 14.9 Å². The topological polar surface area (TPSA) is 59.6 Å². The van der Waals surface area contributed by atoms with Crippen LogP contribution in [0.15, 0.2) is 42.5 Å². The summed E-state index contributed by atoms with van der Waals surface area (Å²) < 4.78 is 23.2. The number of hydrogen-bond donors (Lipinski definition) is 2. The predicted molar refractivity (Wildman–Crippen MR) is 86.0 cm³/mol. The van der Waals surface area contributed by atoms with Gasteiger partial charge < -0.3 is 20.1 Å². The van der Waals surface area contributed by atoms with Gasteiger partial charge in [-0.15, -0.1) is 0 Å². The van der Waals surface area contributed by atoms with Gasteiger partial charge in [0.05, 0.1) is 19.4 Å². The maximum absolute atomic E-state index is 13.1. The zero-order chi connectivity index (χ0) is 16.7. The van der Waals surface area contributed by atoms with E-state index in [0.29, 0.717) is 18.8 Å². The van der Waals surface area contributed by atoms with Crippen molar-refractivity contribution in [2.75, 3.05) is 19.5 Å². The van der Waals surface area contributed by atoms with Crippen molar-refractivity contribution in [2.45, 2.75) is 13.2 Å². The van der Waals surface area contributed by atoms with E-state index in [9.17, 15) is 9.18 Å². The Bertz CT molecular complexity index is 659. The van der Waals surface area contributed by atoms with E-state index in [4.69, 9.17) is 9.47 Å². The zero-order valence-electron chi connectivity index (χ0n) is 13.1. The quantitative estimate of drug-likeness (QED) is 0.859. The first-order chi connectivity index (χ1) is 11.1. The molecular formula is C17H19FN2O3. The lowest BCUT2D eigenvalue weighted by molar-refractivity contribution is 0.185. The molecule has 5 nitrogen and oxygen atoms in total. The average molecular weight is 318 g/mol. The molecule has 2 amide bonds. The first-order valence-electron chi connectivity index (χ1n) is 7.07. The third-order valence-electron chi connectivity index (χ3n) is 3.20. The van der Waals surface area contributed by atoms with Crippen molar-refractivity contribution in [3.63, 3.8) is 0 Å². The summed E-state index contributed by atoms with van der Waals surface area (Å²) in [5, 5.41) is 5.36. The monoisotopic (exact) mass is 318 g/mol. The number of urea groups is 1. The second-order valence-electron chi connectivity index (χ2n) is 4.90. The molecule has 0 atom stereocenters. The molecule has 0 saturated heterocycles. The molecule has 0 aliphatic heterocycles. The van der Waals surface area contributed by atoms with Gasteiger partial charge in [-0.1, -0.05) is 24.3 Å². The number of halogens is 1. The number of hydrogen-bond acceptors (Lipinski definition) is 3. The SMILES string of the molecule is COCc1ccc(CNC(=O)Nc2ccc(F)cc2OC)cc1. The normalized spacial score (nSPS) is 10.2. The van der Waals surface area contributed by atoms with Crippen LogP contribution in [-0.4, -0.2) is 20.3 Å². The van der Waals surface area contributed by atoms with Crippen molar-refractivity contribution < 1.29 is 18.7 Å². The summed E-state index contributed by atoms with van der Waals surface area (Å²) in [5.41, 5.74) is 2.43. The zero-order valence-corrected chi connectivity index (χ0v) is 13.1. The Morgan fingerprint density at radius 2 is 1.78 bits per heavy atom. The highest BCUT2D eigenvalue weighted by molar-refractivity contribution is 5.90. The van der Waals surface area contributed by atoms with Crippen molar-refractivity contribution >= 4 is 11.7 Å². The first-order valence-corrected chi connectivity index (χ1v) is 7.07. The molecule has 0 unspecified atom stereocenters. The van der Waals surface area contributed by atoms with Crippen molar-refractivity contribution in [3.05, 3.63) is 59.4 Å². The van der Waals surface area contributed by atoms with E-state index >= 15 is 0 Å². The Labute approximate surface area is 134 Å². The molecule has 0 aromatic heterocycles. The fourth-order valence-electron chi connectivity index (χ4n) is 2.04. The Hall–Kier alpha value is -2.60. The molecule has 0 saturated carbocycles. The average Bonchev–Trinajstić information content (AvgIpc) is 2.56. The summed E-state index contributed by atoms with van der Waals surface area (Å²) in [5.74, 6) is -0.159. The second-order valence-corrected chi connectivity index (χ2v) is 4.90. The van der Waals surface area contributed by atoms with Crippen LogP contribution in [0.2, 0.25) is 0 Å². The van der Waals surface area contributed by atoms with Crippen LogP contribution >= 0.6 is 0 Å². The van der Waals surface area contributed by atoms with E-state index in [2.05, 4.69) is 10.6 Å². The van der Waals surface area contributed by atoms with Gasteiger partial charge in [-0.2, -0.15) is 0 Å². The van der Waals surface area contributed by atoms with Crippen LogP contribution in [0.25, 0.3) is 0 Å². The maximum Gasteiger partial charge on any atom is 0.319 e. The summed E-state index contributed by atoms with van der Waals surface area (Å²) in [6, 6.07) is 11.3. The van der Waals surface area contributed by atoms with Crippen molar-refractivity contribution in [2.24, 2.45) is 0 Å². The molecule has 23 heavy (non-hydrogen) atoms. The summed E-state index contributed by atoms with van der Waals surface area (Å²) in [4.78, 5) is 11.9. The number of ether oxygens (including phenoxy) is 2. The van der Waals surface area contributed by atoms with E-state index in [1.165, 1.54) is 25.3 Å².